The van der Waals surface area contributed by atoms with Crippen LogP contribution in [0.1, 0.15) is 68.6 Å². The number of rotatable bonds is 13. The topological polar surface area (TPSA) is 29.5 Å². The molecular weight excluding hydrogens is 380 g/mol. The molecule has 0 heterocycles. The molecule has 2 nitrogen and oxygen atoms in total. The van der Waals surface area contributed by atoms with Gasteiger partial charge in [-0.05, 0) is 36.5 Å². The second kappa shape index (κ2) is 12.4. The summed E-state index contributed by atoms with van der Waals surface area (Å²) in [5, 5.41) is 9.37. The van der Waals surface area contributed by atoms with Crippen LogP contribution < -0.4 is 0 Å². The fourth-order valence-corrected chi connectivity index (χ4v) is 4.24. The average Bonchev–Trinajstić information content (AvgIpc) is 2.82. The molecule has 0 bridgehead atoms. The summed E-state index contributed by atoms with van der Waals surface area (Å²) in [6, 6.07) is 31.7. The molecule has 0 aliphatic heterocycles. The lowest BCUT2D eigenvalue weighted by atomic mass is 9.80. The zero-order chi connectivity index (χ0) is 21.8. The minimum Gasteiger partial charge on any atom is -0.393 e. The molecule has 0 spiro atoms. The number of hydrogen-bond donors (Lipinski definition) is 1. The van der Waals surface area contributed by atoms with Crippen molar-refractivity contribution in [3.63, 3.8) is 0 Å². The molecule has 0 saturated carbocycles. The highest BCUT2D eigenvalue weighted by Crippen LogP contribution is 2.40. The van der Waals surface area contributed by atoms with Gasteiger partial charge in [0, 0.05) is 6.61 Å². The highest BCUT2D eigenvalue weighted by Gasteiger charge is 2.37. The Balaban J connectivity index is 1.72. The van der Waals surface area contributed by atoms with Crippen LogP contribution in [0.3, 0.4) is 0 Å². The van der Waals surface area contributed by atoms with Gasteiger partial charge in [0.25, 0.3) is 0 Å². The largest absolute Gasteiger partial charge is 0.393 e. The van der Waals surface area contributed by atoms with E-state index in [-0.39, 0.29) is 6.10 Å². The lowest BCUT2D eigenvalue weighted by Gasteiger charge is -2.36. The molecule has 0 aliphatic rings. The summed E-state index contributed by atoms with van der Waals surface area (Å²) < 4.78 is 6.81. The summed E-state index contributed by atoms with van der Waals surface area (Å²) in [7, 11) is 0. The van der Waals surface area contributed by atoms with E-state index >= 15 is 0 Å². The number of benzene rings is 3. The van der Waals surface area contributed by atoms with Gasteiger partial charge in [-0.25, -0.2) is 0 Å². The van der Waals surface area contributed by atoms with Crippen LogP contribution >= 0.6 is 0 Å². The summed E-state index contributed by atoms with van der Waals surface area (Å²) in [6.07, 6.45) is 7.73. The quantitative estimate of drug-likeness (QED) is 0.238. The van der Waals surface area contributed by atoms with E-state index in [2.05, 4.69) is 91.0 Å². The molecular formula is C29H36O2. The van der Waals surface area contributed by atoms with E-state index in [0.29, 0.717) is 6.61 Å². The highest BCUT2D eigenvalue weighted by atomic mass is 16.5. The molecule has 1 N–H and O–H groups in total. The fraction of sp³-hybridized carbons (Fsp3) is 0.379. The van der Waals surface area contributed by atoms with E-state index < -0.39 is 5.60 Å². The first-order chi connectivity index (χ1) is 15.2. The van der Waals surface area contributed by atoms with Crippen molar-refractivity contribution in [1.29, 1.82) is 0 Å². The minimum absolute atomic E-state index is 0.171. The van der Waals surface area contributed by atoms with Gasteiger partial charge in [-0.1, -0.05) is 123 Å². The lowest BCUT2D eigenvalue weighted by Crippen LogP contribution is -2.33. The number of aliphatic hydroxyl groups is 1. The van der Waals surface area contributed by atoms with Crippen LogP contribution in [0.4, 0.5) is 0 Å². The number of hydrogen-bond acceptors (Lipinski definition) is 2. The monoisotopic (exact) mass is 416 g/mol. The van der Waals surface area contributed by atoms with Crippen molar-refractivity contribution in [3.8, 4) is 0 Å². The Morgan fingerprint density at radius 3 is 1.42 bits per heavy atom. The van der Waals surface area contributed by atoms with Crippen LogP contribution in [0, 0.1) is 0 Å². The van der Waals surface area contributed by atoms with E-state index in [4.69, 9.17) is 4.74 Å². The van der Waals surface area contributed by atoms with Crippen LogP contribution in [0.2, 0.25) is 0 Å². The van der Waals surface area contributed by atoms with Crippen LogP contribution in [0.15, 0.2) is 91.0 Å². The Labute approximate surface area is 187 Å². The SMILES string of the molecule is C[C@@H](O)CCCCCCCCOC(c1ccccc1)(c1ccccc1)c1ccccc1. The first-order valence-corrected chi connectivity index (χ1v) is 11.7. The zero-order valence-electron chi connectivity index (χ0n) is 18.7. The summed E-state index contributed by atoms with van der Waals surface area (Å²) >= 11 is 0. The molecule has 0 fully saturated rings. The summed E-state index contributed by atoms with van der Waals surface area (Å²) in [6.45, 7) is 2.59. The van der Waals surface area contributed by atoms with Gasteiger partial charge in [0.1, 0.15) is 5.60 Å². The summed E-state index contributed by atoms with van der Waals surface area (Å²) in [5.41, 5.74) is 2.86. The summed E-state index contributed by atoms with van der Waals surface area (Å²) in [5.74, 6) is 0. The van der Waals surface area contributed by atoms with Crippen LogP contribution in [-0.4, -0.2) is 17.8 Å². The van der Waals surface area contributed by atoms with Gasteiger partial charge in [-0.3, -0.25) is 0 Å². The Morgan fingerprint density at radius 2 is 1.00 bits per heavy atom. The first kappa shape index (κ1) is 23.2. The second-order valence-electron chi connectivity index (χ2n) is 8.39. The Bertz CT molecular complexity index is 747. The third kappa shape index (κ3) is 6.53. The smallest absolute Gasteiger partial charge is 0.143 e. The third-order valence-corrected chi connectivity index (χ3v) is 5.88. The molecule has 3 aromatic rings. The van der Waals surface area contributed by atoms with Gasteiger partial charge in [0.2, 0.25) is 0 Å². The zero-order valence-corrected chi connectivity index (χ0v) is 18.7. The standard InChI is InChI=1S/C29H36O2/c1-25(30)17-9-4-2-3-5-16-24-31-29(26-18-10-6-11-19-26,27-20-12-7-13-21-27)28-22-14-8-15-23-28/h6-8,10-15,18-23,25,30H,2-5,9,16-17,24H2,1H3/t25-/m1/s1. The predicted molar refractivity (Wildman–Crippen MR) is 129 cm³/mol. The lowest BCUT2D eigenvalue weighted by molar-refractivity contribution is 0.0106. The van der Waals surface area contributed by atoms with E-state index in [1.54, 1.807) is 0 Å². The van der Waals surface area contributed by atoms with Crippen LogP contribution in [-0.2, 0) is 10.3 Å². The van der Waals surface area contributed by atoms with Crippen molar-refractivity contribution in [2.24, 2.45) is 0 Å². The molecule has 0 amide bonds. The van der Waals surface area contributed by atoms with E-state index in [9.17, 15) is 5.11 Å². The maximum absolute atomic E-state index is 9.37. The second-order valence-corrected chi connectivity index (χ2v) is 8.39. The maximum atomic E-state index is 9.37. The fourth-order valence-electron chi connectivity index (χ4n) is 4.24. The normalized spacial score (nSPS) is 12.6. The predicted octanol–water partition coefficient (Wildman–Crippen LogP) is 7.11. The Kier molecular flexibility index (Phi) is 9.33. The van der Waals surface area contributed by atoms with Gasteiger partial charge in [0.05, 0.1) is 6.10 Å². The molecule has 3 aromatic carbocycles. The van der Waals surface area contributed by atoms with Crippen LogP contribution in [0.5, 0.6) is 0 Å². The van der Waals surface area contributed by atoms with Crippen molar-refractivity contribution in [2.45, 2.75) is 63.6 Å². The van der Waals surface area contributed by atoms with E-state index in [0.717, 1.165) is 36.0 Å². The van der Waals surface area contributed by atoms with Crippen molar-refractivity contribution < 1.29 is 9.84 Å². The van der Waals surface area contributed by atoms with Gasteiger partial charge in [-0.2, -0.15) is 0 Å². The minimum atomic E-state index is -0.610. The Morgan fingerprint density at radius 1 is 0.613 bits per heavy atom. The van der Waals surface area contributed by atoms with Crippen molar-refractivity contribution >= 4 is 0 Å². The van der Waals surface area contributed by atoms with Crippen molar-refractivity contribution in [2.75, 3.05) is 6.61 Å². The van der Waals surface area contributed by atoms with Gasteiger partial charge >= 0.3 is 0 Å². The van der Waals surface area contributed by atoms with E-state index in [1.165, 1.54) is 25.7 Å². The molecule has 0 unspecified atom stereocenters. The highest BCUT2D eigenvalue weighted by molar-refractivity contribution is 5.47. The summed E-state index contributed by atoms with van der Waals surface area (Å²) in [4.78, 5) is 0. The van der Waals surface area contributed by atoms with E-state index in [1.807, 2.05) is 6.92 Å². The van der Waals surface area contributed by atoms with Gasteiger partial charge < -0.3 is 9.84 Å². The first-order valence-electron chi connectivity index (χ1n) is 11.7. The number of ether oxygens (including phenoxy) is 1. The third-order valence-electron chi connectivity index (χ3n) is 5.88. The van der Waals surface area contributed by atoms with Crippen molar-refractivity contribution in [1.82, 2.24) is 0 Å². The molecule has 3 rings (SSSR count). The maximum Gasteiger partial charge on any atom is 0.143 e. The molecule has 164 valence electrons. The molecule has 2 heteroatoms. The van der Waals surface area contributed by atoms with Crippen molar-refractivity contribution in [3.05, 3.63) is 108 Å². The molecule has 1 atom stereocenters. The van der Waals surface area contributed by atoms with Gasteiger partial charge in [0.15, 0.2) is 0 Å². The Hall–Kier alpha value is -2.42. The molecule has 0 aliphatic carbocycles. The number of aliphatic hydroxyl groups excluding tert-OH is 1. The number of unbranched alkanes of at least 4 members (excludes halogenated alkanes) is 5. The molecule has 0 aromatic heterocycles. The molecule has 31 heavy (non-hydrogen) atoms. The average molecular weight is 417 g/mol. The van der Waals surface area contributed by atoms with Gasteiger partial charge in [-0.15, -0.1) is 0 Å². The molecule has 0 saturated heterocycles. The molecule has 0 radical (unpaired) electrons. The van der Waals surface area contributed by atoms with Crippen LogP contribution in [0.25, 0.3) is 0 Å².